The molecule has 11 heteroatoms. The number of methoxy groups -OCH3 is 1. The number of nitrogens with one attached hydrogen (secondary N) is 3. The molecule has 2 amide bonds. The average Bonchev–Trinajstić information content (AvgIpc) is 2.72. The lowest BCUT2D eigenvalue weighted by Crippen LogP contribution is -2.41. The summed E-state index contributed by atoms with van der Waals surface area (Å²) in [6.45, 7) is 0.926. The Morgan fingerprint density at radius 2 is 1.80 bits per heavy atom. The van der Waals surface area contributed by atoms with Crippen LogP contribution in [-0.2, 0) is 19.6 Å². The molecular formula is C19H22N4O6S. The zero-order valence-corrected chi connectivity index (χ0v) is 17.2. The van der Waals surface area contributed by atoms with Crippen molar-refractivity contribution in [3.8, 4) is 11.5 Å². The number of rotatable bonds is 9. The van der Waals surface area contributed by atoms with Crippen molar-refractivity contribution in [2.75, 3.05) is 20.2 Å². The Hall–Kier alpha value is -3.44. The number of nitrogens with zero attached hydrogens (tertiary/aromatic N) is 1. The van der Waals surface area contributed by atoms with E-state index in [1.54, 1.807) is 18.2 Å². The van der Waals surface area contributed by atoms with Gasteiger partial charge in [0, 0.05) is 0 Å². The van der Waals surface area contributed by atoms with Gasteiger partial charge in [-0.05, 0) is 42.8 Å². The van der Waals surface area contributed by atoms with Crippen molar-refractivity contribution in [1.82, 2.24) is 15.5 Å². The number of aryl methyl sites for hydroxylation is 1. The van der Waals surface area contributed by atoms with Gasteiger partial charge in [-0.15, -0.1) is 0 Å². The second-order valence-electron chi connectivity index (χ2n) is 6.14. The van der Waals surface area contributed by atoms with Crippen molar-refractivity contribution in [3.63, 3.8) is 0 Å². The third kappa shape index (κ3) is 6.87. The minimum absolute atomic E-state index is 0.0283. The van der Waals surface area contributed by atoms with Gasteiger partial charge in [0.2, 0.25) is 15.9 Å². The largest absolute Gasteiger partial charge is 0.504 e. The average molecular weight is 434 g/mol. The Labute approximate surface area is 174 Å². The summed E-state index contributed by atoms with van der Waals surface area (Å²) in [5, 5.41) is 15.5. The first-order chi connectivity index (χ1) is 14.2. The van der Waals surface area contributed by atoms with Gasteiger partial charge in [0.25, 0.3) is 5.91 Å². The molecule has 0 fully saturated rings. The molecular weight excluding hydrogens is 412 g/mol. The van der Waals surface area contributed by atoms with Crippen LogP contribution >= 0.6 is 0 Å². The highest BCUT2D eigenvalue weighted by Gasteiger charge is 2.15. The van der Waals surface area contributed by atoms with E-state index in [2.05, 4.69) is 20.6 Å². The van der Waals surface area contributed by atoms with Gasteiger partial charge >= 0.3 is 0 Å². The van der Waals surface area contributed by atoms with E-state index in [-0.39, 0.29) is 22.9 Å². The molecule has 4 N–H and O–H groups in total. The molecule has 0 aromatic heterocycles. The van der Waals surface area contributed by atoms with E-state index < -0.39 is 28.4 Å². The zero-order chi connectivity index (χ0) is 22.1. The molecule has 0 aliphatic carbocycles. The minimum atomic E-state index is -3.83. The molecule has 0 atom stereocenters. The number of hydrogen-bond acceptors (Lipinski definition) is 7. The lowest BCUT2D eigenvalue weighted by atomic mass is 10.2. The molecule has 0 spiro atoms. The molecule has 0 aliphatic heterocycles. The maximum atomic E-state index is 12.1. The molecule has 2 aromatic rings. The molecule has 0 saturated heterocycles. The fraction of sp³-hybridized carbons (Fsp3) is 0.211. The number of aromatic hydroxyl groups is 1. The monoisotopic (exact) mass is 434 g/mol. The topological polar surface area (TPSA) is 146 Å². The second-order valence-corrected chi connectivity index (χ2v) is 7.91. The van der Waals surface area contributed by atoms with Crippen LogP contribution in [-0.4, -0.2) is 51.8 Å². The first-order valence-corrected chi connectivity index (χ1v) is 10.2. The van der Waals surface area contributed by atoms with E-state index in [0.29, 0.717) is 5.56 Å². The summed E-state index contributed by atoms with van der Waals surface area (Å²) in [5.74, 6) is -1.05. The number of phenolic OH excluding ortho intramolecular Hbond substituents is 1. The van der Waals surface area contributed by atoms with E-state index >= 15 is 0 Å². The van der Waals surface area contributed by atoms with Crippen LogP contribution in [0.4, 0.5) is 0 Å². The van der Waals surface area contributed by atoms with Gasteiger partial charge in [-0.2, -0.15) is 5.10 Å². The Balaban J connectivity index is 1.76. The minimum Gasteiger partial charge on any atom is -0.504 e. The molecule has 0 radical (unpaired) electrons. The number of sulfonamides is 1. The predicted octanol–water partition coefficient (Wildman–Crippen LogP) is 0.254. The van der Waals surface area contributed by atoms with Crippen LogP contribution in [0.15, 0.2) is 52.5 Å². The zero-order valence-electron chi connectivity index (χ0n) is 16.4. The van der Waals surface area contributed by atoms with Crippen LogP contribution in [0.5, 0.6) is 11.5 Å². The number of carbonyl (C=O) groups excluding carboxylic acids is 2. The van der Waals surface area contributed by atoms with Crippen LogP contribution in [0, 0.1) is 6.92 Å². The van der Waals surface area contributed by atoms with E-state index in [4.69, 9.17) is 4.74 Å². The molecule has 0 aliphatic rings. The Morgan fingerprint density at radius 3 is 2.47 bits per heavy atom. The number of amides is 2. The van der Waals surface area contributed by atoms with Crippen LogP contribution in [0.1, 0.15) is 11.1 Å². The smallest absolute Gasteiger partial charge is 0.259 e. The van der Waals surface area contributed by atoms with Crippen molar-refractivity contribution >= 4 is 28.1 Å². The summed E-state index contributed by atoms with van der Waals surface area (Å²) in [4.78, 5) is 23.6. The van der Waals surface area contributed by atoms with Crippen molar-refractivity contribution in [2.24, 2.45) is 5.10 Å². The second kappa shape index (κ2) is 10.4. The summed E-state index contributed by atoms with van der Waals surface area (Å²) >= 11 is 0. The number of carbonyl (C=O) groups is 2. The molecule has 30 heavy (non-hydrogen) atoms. The molecule has 0 bridgehead atoms. The van der Waals surface area contributed by atoms with Crippen LogP contribution in [0.3, 0.4) is 0 Å². The number of ether oxygens (including phenoxy) is 1. The highest BCUT2D eigenvalue weighted by molar-refractivity contribution is 7.89. The van der Waals surface area contributed by atoms with Gasteiger partial charge in [-0.1, -0.05) is 17.7 Å². The van der Waals surface area contributed by atoms with Gasteiger partial charge in [0.1, 0.15) is 0 Å². The first kappa shape index (κ1) is 22.8. The molecule has 0 saturated carbocycles. The van der Waals surface area contributed by atoms with Crippen LogP contribution < -0.4 is 20.2 Å². The van der Waals surface area contributed by atoms with Gasteiger partial charge in [0.15, 0.2) is 11.5 Å². The summed E-state index contributed by atoms with van der Waals surface area (Å²) < 4.78 is 31.4. The Morgan fingerprint density at radius 1 is 1.10 bits per heavy atom. The lowest BCUT2D eigenvalue weighted by molar-refractivity contribution is -0.125. The van der Waals surface area contributed by atoms with Gasteiger partial charge in [-0.25, -0.2) is 18.6 Å². The van der Waals surface area contributed by atoms with Crippen molar-refractivity contribution in [2.45, 2.75) is 11.8 Å². The number of benzene rings is 2. The van der Waals surface area contributed by atoms with E-state index in [0.717, 1.165) is 5.56 Å². The van der Waals surface area contributed by atoms with Crippen molar-refractivity contribution < 1.29 is 27.9 Å². The highest BCUT2D eigenvalue weighted by Crippen LogP contribution is 2.25. The molecule has 160 valence electrons. The molecule has 0 unspecified atom stereocenters. The van der Waals surface area contributed by atoms with Gasteiger partial charge < -0.3 is 15.2 Å². The van der Waals surface area contributed by atoms with E-state index in [1.165, 1.54) is 37.6 Å². The van der Waals surface area contributed by atoms with Gasteiger partial charge in [0.05, 0.1) is 31.3 Å². The molecule has 10 nitrogen and oxygen atoms in total. The third-order valence-electron chi connectivity index (χ3n) is 3.81. The Kier molecular flexibility index (Phi) is 7.90. The molecule has 0 heterocycles. The summed E-state index contributed by atoms with van der Waals surface area (Å²) in [7, 11) is -2.42. The van der Waals surface area contributed by atoms with Crippen LogP contribution in [0.25, 0.3) is 0 Å². The fourth-order valence-electron chi connectivity index (χ4n) is 2.20. The first-order valence-electron chi connectivity index (χ1n) is 8.73. The summed E-state index contributed by atoms with van der Waals surface area (Å²) in [6.07, 6.45) is 1.33. The quantitative estimate of drug-likeness (QED) is 0.329. The summed E-state index contributed by atoms with van der Waals surface area (Å²) in [5.41, 5.74) is 3.69. The highest BCUT2D eigenvalue weighted by atomic mass is 32.2. The molecule has 2 aromatic carbocycles. The number of phenols is 1. The standard InChI is InChI=1S/C19H22N4O6S/c1-13-3-6-15(7-4-13)30(27,28)22-12-18(25)20-11-19(26)23-21-10-14-5-8-16(24)17(9-14)29-2/h3-10,22,24H,11-12H2,1-2H3,(H,20,25)(H,23,26). The van der Waals surface area contributed by atoms with E-state index in [1.807, 2.05) is 6.92 Å². The van der Waals surface area contributed by atoms with Crippen LogP contribution in [0.2, 0.25) is 0 Å². The normalized spacial score (nSPS) is 11.3. The summed E-state index contributed by atoms with van der Waals surface area (Å²) in [6, 6.07) is 10.7. The maximum Gasteiger partial charge on any atom is 0.259 e. The lowest BCUT2D eigenvalue weighted by Gasteiger charge is -2.08. The fourth-order valence-corrected chi connectivity index (χ4v) is 3.18. The SMILES string of the molecule is COc1cc(C=NNC(=O)CNC(=O)CNS(=O)(=O)c2ccc(C)cc2)ccc1O. The van der Waals surface area contributed by atoms with Gasteiger partial charge in [-0.3, -0.25) is 9.59 Å². The third-order valence-corrected chi connectivity index (χ3v) is 5.22. The Bertz CT molecular complexity index is 1040. The van der Waals surface area contributed by atoms with Crippen molar-refractivity contribution in [1.29, 1.82) is 0 Å². The molecule has 2 rings (SSSR count). The number of hydrogen-bond donors (Lipinski definition) is 4. The van der Waals surface area contributed by atoms with E-state index in [9.17, 15) is 23.1 Å². The number of hydrazone groups is 1. The maximum absolute atomic E-state index is 12.1. The van der Waals surface area contributed by atoms with Crippen molar-refractivity contribution in [3.05, 3.63) is 53.6 Å². The predicted molar refractivity (Wildman–Crippen MR) is 110 cm³/mol.